The molecule has 0 spiro atoms. The monoisotopic (exact) mass is 517 g/mol. The molecule has 0 aliphatic carbocycles. The largest absolute Gasteiger partial charge is 0.508 e. The minimum atomic E-state index is -4.39. The highest BCUT2D eigenvalue weighted by Crippen LogP contribution is 2.37. The highest BCUT2D eigenvalue weighted by atomic mass is 32.2. The fraction of sp³-hybridized carbons (Fsp3) is 0.429. The van der Waals surface area contributed by atoms with Gasteiger partial charge in [0.25, 0.3) is 0 Å². The van der Waals surface area contributed by atoms with Crippen LogP contribution in [0.1, 0.15) is 36.8 Å². The predicted octanol–water partition coefficient (Wildman–Crippen LogP) is 7.05. The Morgan fingerprint density at radius 3 is 2.50 bits per heavy atom. The van der Waals surface area contributed by atoms with Crippen molar-refractivity contribution in [3.8, 4) is 5.75 Å². The zero-order chi connectivity index (χ0) is 25.5. The maximum absolute atomic E-state index is 13.0. The summed E-state index contributed by atoms with van der Waals surface area (Å²) in [5, 5.41) is 18.1. The first-order chi connectivity index (χ1) is 17.3. The molecule has 1 heterocycles. The molecular weight excluding hydrogens is 483 g/mol. The zero-order valence-electron chi connectivity index (χ0n) is 20.6. The fourth-order valence-corrected chi connectivity index (χ4v) is 5.75. The summed E-state index contributed by atoms with van der Waals surface area (Å²) in [6.45, 7) is 7.26. The molecule has 1 fully saturated rings. The number of thioether (sulfide) groups is 1. The van der Waals surface area contributed by atoms with Gasteiger partial charge in [-0.1, -0.05) is 18.9 Å². The van der Waals surface area contributed by atoms with Crippen LogP contribution in [-0.4, -0.2) is 43.6 Å². The fourth-order valence-electron chi connectivity index (χ4n) is 4.64. The highest BCUT2D eigenvalue weighted by Gasteiger charge is 2.30. The number of phenols is 1. The third-order valence-electron chi connectivity index (χ3n) is 6.54. The Morgan fingerprint density at radius 2 is 1.75 bits per heavy atom. The van der Waals surface area contributed by atoms with E-state index in [0.717, 1.165) is 92.3 Å². The number of unbranched alkanes of at least 4 members (excludes halogenated alkanes) is 3. The molecule has 4 rings (SSSR count). The number of hydrogen-bond donors (Lipinski definition) is 3. The average Bonchev–Trinajstić information content (AvgIpc) is 2.85. The number of anilines is 2. The SMILES string of the molecule is Cc1cc(NCCCCCCSc2cc(O)cc3cc(C(F)(F)F)ccc23)ccc1N1CCNCC1. The van der Waals surface area contributed by atoms with Crippen LogP contribution in [0.2, 0.25) is 0 Å². The first-order valence-corrected chi connectivity index (χ1v) is 13.6. The Morgan fingerprint density at radius 1 is 0.972 bits per heavy atom. The van der Waals surface area contributed by atoms with Crippen molar-refractivity contribution in [2.45, 2.75) is 43.7 Å². The molecule has 0 aromatic heterocycles. The molecular formula is C28H34F3N3OS. The number of rotatable bonds is 10. The van der Waals surface area contributed by atoms with Crippen LogP contribution in [0.3, 0.4) is 0 Å². The normalized spacial score (nSPS) is 14.4. The van der Waals surface area contributed by atoms with Gasteiger partial charge >= 0.3 is 6.18 Å². The topological polar surface area (TPSA) is 47.5 Å². The number of phenolic OH excluding ortho intramolecular Hbond substituents is 1. The third-order valence-corrected chi connectivity index (χ3v) is 7.68. The van der Waals surface area contributed by atoms with Crippen molar-refractivity contribution in [2.75, 3.05) is 48.7 Å². The number of piperazine rings is 1. The van der Waals surface area contributed by atoms with Gasteiger partial charge in [0.05, 0.1) is 5.56 Å². The lowest BCUT2D eigenvalue weighted by atomic mass is 10.1. The Bertz CT molecular complexity index is 1160. The Hall–Kier alpha value is -2.58. The van der Waals surface area contributed by atoms with Gasteiger partial charge in [0.15, 0.2) is 0 Å². The smallest absolute Gasteiger partial charge is 0.416 e. The van der Waals surface area contributed by atoms with Gasteiger partial charge in [-0.05, 0) is 84.3 Å². The second kappa shape index (κ2) is 12.1. The summed E-state index contributed by atoms with van der Waals surface area (Å²) in [7, 11) is 0. The molecule has 3 aromatic rings. The van der Waals surface area contributed by atoms with Gasteiger partial charge < -0.3 is 20.6 Å². The van der Waals surface area contributed by atoms with Crippen LogP contribution in [0.25, 0.3) is 10.8 Å². The van der Waals surface area contributed by atoms with Crippen LogP contribution in [-0.2, 0) is 6.18 Å². The van der Waals surface area contributed by atoms with E-state index in [9.17, 15) is 18.3 Å². The summed E-state index contributed by atoms with van der Waals surface area (Å²) in [4.78, 5) is 3.26. The number of aryl methyl sites for hydroxylation is 1. The molecule has 3 aromatic carbocycles. The number of nitrogens with zero attached hydrogens (tertiary/aromatic N) is 1. The highest BCUT2D eigenvalue weighted by molar-refractivity contribution is 7.99. The van der Waals surface area contributed by atoms with E-state index in [1.165, 1.54) is 23.4 Å². The average molecular weight is 518 g/mol. The molecule has 0 bridgehead atoms. The Balaban J connectivity index is 1.18. The Labute approximate surface area is 215 Å². The van der Waals surface area contributed by atoms with Crippen LogP contribution in [0.15, 0.2) is 53.4 Å². The summed E-state index contributed by atoms with van der Waals surface area (Å²) >= 11 is 1.59. The van der Waals surface area contributed by atoms with Crippen molar-refractivity contribution in [2.24, 2.45) is 0 Å². The van der Waals surface area contributed by atoms with Crippen LogP contribution in [0, 0.1) is 6.92 Å². The molecule has 0 radical (unpaired) electrons. The van der Waals surface area contributed by atoms with Crippen LogP contribution in [0.5, 0.6) is 5.75 Å². The number of fused-ring (bicyclic) bond motifs is 1. The minimum Gasteiger partial charge on any atom is -0.508 e. The van der Waals surface area contributed by atoms with Gasteiger partial charge in [-0.2, -0.15) is 13.2 Å². The van der Waals surface area contributed by atoms with Crippen molar-refractivity contribution in [1.82, 2.24) is 5.32 Å². The second-order valence-electron chi connectivity index (χ2n) is 9.31. The number of aromatic hydroxyl groups is 1. The lowest BCUT2D eigenvalue weighted by molar-refractivity contribution is -0.137. The van der Waals surface area contributed by atoms with Gasteiger partial charge in [0.1, 0.15) is 5.75 Å². The number of nitrogens with one attached hydrogen (secondary N) is 2. The van der Waals surface area contributed by atoms with Crippen molar-refractivity contribution < 1.29 is 18.3 Å². The van der Waals surface area contributed by atoms with Gasteiger partial charge in [0.2, 0.25) is 0 Å². The van der Waals surface area contributed by atoms with Crippen molar-refractivity contribution >= 4 is 33.9 Å². The lowest BCUT2D eigenvalue weighted by Crippen LogP contribution is -2.43. The van der Waals surface area contributed by atoms with Gasteiger partial charge in [-0.3, -0.25) is 0 Å². The molecule has 1 saturated heterocycles. The minimum absolute atomic E-state index is 0.00777. The molecule has 36 heavy (non-hydrogen) atoms. The first-order valence-electron chi connectivity index (χ1n) is 12.6. The number of hydrogen-bond acceptors (Lipinski definition) is 5. The van der Waals surface area contributed by atoms with Gasteiger partial charge in [0, 0.05) is 49.0 Å². The summed E-state index contributed by atoms with van der Waals surface area (Å²) in [5.74, 6) is 0.853. The molecule has 0 saturated carbocycles. The summed E-state index contributed by atoms with van der Waals surface area (Å²) < 4.78 is 39.1. The van der Waals surface area contributed by atoms with Crippen LogP contribution in [0.4, 0.5) is 24.5 Å². The zero-order valence-corrected chi connectivity index (χ0v) is 21.4. The summed E-state index contributed by atoms with van der Waals surface area (Å²) in [6.07, 6.45) is -0.0969. The third kappa shape index (κ3) is 7.01. The van der Waals surface area contributed by atoms with Crippen molar-refractivity contribution in [3.63, 3.8) is 0 Å². The predicted molar refractivity (Wildman–Crippen MR) is 145 cm³/mol. The molecule has 4 nitrogen and oxygen atoms in total. The van der Waals surface area contributed by atoms with E-state index >= 15 is 0 Å². The van der Waals surface area contributed by atoms with E-state index in [1.807, 2.05) is 0 Å². The molecule has 0 amide bonds. The van der Waals surface area contributed by atoms with E-state index in [4.69, 9.17) is 0 Å². The molecule has 8 heteroatoms. The Kier molecular flexibility index (Phi) is 8.90. The number of alkyl halides is 3. The summed E-state index contributed by atoms with van der Waals surface area (Å²) in [6, 6.07) is 13.4. The standard InChI is InChI=1S/C28H34F3N3OS/c1-20-16-23(7-9-26(20)34-13-11-32-12-14-34)33-10-4-2-3-5-15-36-27-19-24(35)18-21-17-22(28(29,30)31)6-8-25(21)27/h6-9,16-19,32-33,35H,2-5,10-15H2,1H3. The molecule has 1 aliphatic heterocycles. The molecule has 1 aliphatic rings. The second-order valence-corrected chi connectivity index (χ2v) is 10.4. The number of halogens is 3. The molecule has 3 N–H and O–H groups in total. The van der Waals surface area contributed by atoms with Crippen molar-refractivity contribution in [1.29, 1.82) is 0 Å². The van der Waals surface area contributed by atoms with Crippen LogP contribution < -0.4 is 15.5 Å². The first kappa shape index (κ1) is 26.5. The van der Waals surface area contributed by atoms with E-state index in [1.54, 1.807) is 17.8 Å². The lowest BCUT2D eigenvalue weighted by Gasteiger charge is -2.31. The molecule has 0 atom stereocenters. The van der Waals surface area contributed by atoms with E-state index < -0.39 is 11.7 Å². The van der Waals surface area contributed by atoms with Crippen LogP contribution >= 0.6 is 11.8 Å². The number of benzene rings is 3. The maximum Gasteiger partial charge on any atom is 0.416 e. The van der Waals surface area contributed by atoms with Gasteiger partial charge in [-0.15, -0.1) is 11.8 Å². The van der Waals surface area contributed by atoms with E-state index in [2.05, 4.69) is 40.7 Å². The quantitative estimate of drug-likeness (QED) is 0.199. The van der Waals surface area contributed by atoms with Crippen molar-refractivity contribution in [3.05, 3.63) is 59.7 Å². The van der Waals surface area contributed by atoms with Gasteiger partial charge in [-0.25, -0.2) is 0 Å². The molecule has 0 unspecified atom stereocenters. The maximum atomic E-state index is 13.0. The molecule has 194 valence electrons. The van der Waals surface area contributed by atoms with E-state index in [-0.39, 0.29) is 5.75 Å². The summed E-state index contributed by atoms with van der Waals surface area (Å²) in [5.41, 5.74) is 3.08. The van der Waals surface area contributed by atoms with E-state index in [0.29, 0.717) is 5.39 Å².